The maximum atomic E-state index is 12.0. The summed E-state index contributed by atoms with van der Waals surface area (Å²) in [5.41, 5.74) is 0.338. The molecule has 1 unspecified atom stereocenters. The van der Waals surface area contributed by atoms with E-state index in [2.05, 4.69) is 10.3 Å². The van der Waals surface area contributed by atoms with Crippen molar-refractivity contribution in [2.45, 2.75) is 24.5 Å². The summed E-state index contributed by atoms with van der Waals surface area (Å²) in [6.45, 7) is 0. The lowest BCUT2D eigenvalue weighted by atomic mass is 10.2. The van der Waals surface area contributed by atoms with Crippen LogP contribution in [0, 0.1) is 0 Å². The van der Waals surface area contributed by atoms with E-state index >= 15 is 0 Å². The molecule has 7 heteroatoms. The minimum Gasteiger partial charge on any atom is -0.322 e. The molecule has 0 bridgehead atoms. The fourth-order valence-corrected chi connectivity index (χ4v) is 3.91. The predicted molar refractivity (Wildman–Crippen MR) is 69.3 cm³/mol. The first kappa shape index (κ1) is 13.3. The number of carbonyl (C=O) groups excluding carboxylic acids is 1. The summed E-state index contributed by atoms with van der Waals surface area (Å²) >= 11 is 5.80. The molecule has 2 heterocycles. The number of carbonyl (C=O) groups is 1. The highest BCUT2D eigenvalue weighted by Gasteiger charge is 2.34. The van der Waals surface area contributed by atoms with Gasteiger partial charge in [-0.1, -0.05) is 18.0 Å². The Morgan fingerprint density at radius 2 is 2.22 bits per heavy atom. The quantitative estimate of drug-likeness (QED) is 0.840. The molecule has 1 aliphatic rings. The Balaban J connectivity index is 2.15. The van der Waals surface area contributed by atoms with E-state index in [9.17, 15) is 13.2 Å². The van der Waals surface area contributed by atoms with Crippen molar-refractivity contribution >= 4 is 33.0 Å². The molecule has 0 saturated carbocycles. The number of rotatable bonds is 2. The second-order valence-corrected chi connectivity index (χ2v) is 6.84. The zero-order valence-corrected chi connectivity index (χ0v) is 11.2. The van der Waals surface area contributed by atoms with E-state index in [1.807, 2.05) is 0 Å². The second-order valence-electron chi connectivity index (χ2n) is 4.18. The highest BCUT2D eigenvalue weighted by atomic mass is 35.5. The van der Waals surface area contributed by atoms with Crippen LogP contribution in [0.15, 0.2) is 18.3 Å². The van der Waals surface area contributed by atoms with E-state index in [4.69, 9.17) is 11.6 Å². The zero-order valence-electron chi connectivity index (χ0n) is 9.60. The molecule has 1 N–H and O–H groups in total. The van der Waals surface area contributed by atoms with Crippen LogP contribution in [0.1, 0.15) is 19.3 Å². The average molecular weight is 289 g/mol. The van der Waals surface area contributed by atoms with Gasteiger partial charge in [-0.2, -0.15) is 0 Å². The van der Waals surface area contributed by atoms with Gasteiger partial charge in [0.25, 0.3) is 0 Å². The Morgan fingerprint density at radius 3 is 2.89 bits per heavy atom. The number of sulfone groups is 1. The van der Waals surface area contributed by atoms with Gasteiger partial charge in [-0.25, -0.2) is 13.4 Å². The smallest absolute Gasteiger partial charge is 0.242 e. The maximum absolute atomic E-state index is 12.0. The van der Waals surface area contributed by atoms with Crippen LogP contribution in [0.4, 0.5) is 5.69 Å². The Morgan fingerprint density at radius 1 is 1.44 bits per heavy atom. The lowest BCUT2D eigenvalue weighted by Crippen LogP contribution is -2.39. The molecule has 1 amide bonds. The molecule has 2 rings (SSSR count). The largest absolute Gasteiger partial charge is 0.322 e. The first-order valence-electron chi connectivity index (χ1n) is 5.63. The van der Waals surface area contributed by atoms with Crippen molar-refractivity contribution in [1.82, 2.24) is 4.98 Å². The lowest BCUT2D eigenvalue weighted by molar-refractivity contribution is -0.116. The molecule has 0 radical (unpaired) electrons. The first-order chi connectivity index (χ1) is 8.50. The van der Waals surface area contributed by atoms with Crippen molar-refractivity contribution < 1.29 is 13.2 Å². The molecular formula is C11H13ClN2O3S. The van der Waals surface area contributed by atoms with Crippen LogP contribution in [0.5, 0.6) is 0 Å². The Kier molecular flexibility index (Phi) is 3.87. The Hall–Kier alpha value is -1.14. The van der Waals surface area contributed by atoms with Crippen LogP contribution in [0.3, 0.4) is 0 Å². The van der Waals surface area contributed by atoms with Crippen LogP contribution in [0.25, 0.3) is 0 Å². The third-order valence-corrected chi connectivity index (χ3v) is 5.36. The molecule has 1 saturated heterocycles. The van der Waals surface area contributed by atoms with E-state index in [1.165, 1.54) is 6.20 Å². The summed E-state index contributed by atoms with van der Waals surface area (Å²) in [7, 11) is -3.33. The van der Waals surface area contributed by atoms with Gasteiger partial charge in [-0.05, 0) is 25.0 Å². The number of hydrogen-bond donors (Lipinski definition) is 1. The number of nitrogens with zero attached hydrogens (tertiary/aromatic N) is 1. The summed E-state index contributed by atoms with van der Waals surface area (Å²) in [6.07, 6.45) is 3.24. The second kappa shape index (κ2) is 5.24. The standard InChI is InChI=1S/C11H13ClN2O3S/c12-10-8(4-3-6-13-10)14-11(15)9-5-1-2-7-18(9,16)17/h3-4,6,9H,1-2,5,7H2,(H,14,15). The molecule has 1 aliphatic heterocycles. The fraction of sp³-hybridized carbons (Fsp3) is 0.455. The molecule has 1 atom stereocenters. The van der Waals surface area contributed by atoms with Gasteiger partial charge < -0.3 is 5.32 Å². The van der Waals surface area contributed by atoms with Gasteiger partial charge in [0, 0.05) is 6.20 Å². The van der Waals surface area contributed by atoms with Crippen molar-refractivity contribution in [3.63, 3.8) is 0 Å². The summed E-state index contributed by atoms with van der Waals surface area (Å²) < 4.78 is 23.6. The minimum absolute atomic E-state index is 0.0753. The lowest BCUT2D eigenvalue weighted by Gasteiger charge is -2.21. The number of aromatic nitrogens is 1. The highest BCUT2D eigenvalue weighted by molar-refractivity contribution is 7.92. The third kappa shape index (κ3) is 2.81. The normalized spacial score (nSPS) is 22.4. The average Bonchev–Trinajstić information content (AvgIpc) is 2.31. The van der Waals surface area contributed by atoms with Gasteiger partial charge >= 0.3 is 0 Å². The molecule has 0 aliphatic carbocycles. The summed E-state index contributed by atoms with van der Waals surface area (Å²) in [6, 6.07) is 3.21. The van der Waals surface area contributed by atoms with Crippen LogP contribution in [-0.2, 0) is 14.6 Å². The summed E-state index contributed by atoms with van der Waals surface area (Å²) in [5, 5.41) is 1.71. The van der Waals surface area contributed by atoms with Crippen molar-refractivity contribution in [2.24, 2.45) is 0 Å². The van der Waals surface area contributed by atoms with Gasteiger partial charge in [0.2, 0.25) is 5.91 Å². The Labute approximate surface area is 110 Å². The fourth-order valence-electron chi connectivity index (χ4n) is 1.94. The molecule has 1 aromatic heterocycles. The van der Waals surface area contributed by atoms with Crippen LogP contribution in [-0.4, -0.2) is 30.3 Å². The maximum Gasteiger partial charge on any atom is 0.242 e. The predicted octanol–water partition coefficient (Wildman–Crippen LogP) is 1.64. The highest BCUT2D eigenvalue weighted by Crippen LogP contribution is 2.23. The number of amides is 1. The number of pyridine rings is 1. The van der Waals surface area contributed by atoms with Gasteiger partial charge in [0.15, 0.2) is 15.0 Å². The molecule has 0 spiro atoms. The van der Waals surface area contributed by atoms with E-state index in [0.29, 0.717) is 18.5 Å². The van der Waals surface area contributed by atoms with E-state index in [1.54, 1.807) is 12.1 Å². The van der Waals surface area contributed by atoms with Crippen molar-refractivity contribution in [3.8, 4) is 0 Å². The molecular weight excluding hydrogens is 276 g/mol. The zero-order chi connectivity index (χ0) is 13.2. The van der Waals surface area contributed by atoms with Crippen LogP contribution >= 0.6 is 11.6 Å². The van der Waals surface area contributed by atoms with Crippen LogP contribution in [0.2, 0.25) is 5.15 Å². The van der Waals surface area contributed by atoms with Crippen molar-refractivity contribution in [2.75, 3.05) is 11.1 Å². The van der Waals surface area contributed by atoms with E-state index in [0.717, 1.165) is 6.42 Å². The molecule has 18 heavy (non-hydrogen) atoms. The number of nitrogens with one attached hydrogen (secondary N) is 1. The SMILES string of the molecule is O=C(Nc1cccnc1Cl)C1CCCCS1(=O)=O. The molecule has 1 fully saturated rings. The van der Waals surface area contributed by atoms with Crippen molar-refractivity contribution in [1.29, 1.82) is 0 Å². The number of halogens is 1. The van der Waals surface area contributed by atoms with E-state index in [-0.39, 0.29) is 10.9 Å². The molecule has 0 aromatic carbocycles. The molecule has 5 nitrogen and oxygen atoms in total. The van der Waals surface area contributed by atoms with E-state index < -0.39 is 21.0 Å². The monoisotopic (exact) mass is 288 g/mol. The number of hydrogen-bond acceptors (Lipinski definition) is 4. The van der Waals surface area contributed by atoms with Gasteiger partial charge in [0.1, 0.15) is 5.25 Å². The minimum atomic E-state index is -3.33. The van der Waals surface area contributed by atoms with Gasteiger partial charge in [-0.3, -0.25) is 4.79 Å². The topological polar surface area (TPSA) is 76.1 Å². The molecule has 1 aromatic rings. The molecule has 98 valence electrons. The third-order valence-electron chi connectivity index (χ3n) is 2.89. The Bertz CT molecular complexity index is 559. The first-order valence-corrected chi connectivity index (χ1v) is 7.73. The number of anilines is 1. The van der Waals surface area contributed by atoms with Crippen LogP contribution < -0.4 is 5.32 Å². The summed E-state index contributed by atoms with van der Waals surface area (Å²) in [5.74, 6) is -0.448. The van der Waals surface area contributed by atoms with Crippen molar-refractivity contribution in [3.05, 3.63) is 23.5 Å². The van der Waals surface area contributed by atoms with Gasteiger partial charge in [-0.15, -0.1) is 0 Å². The summed E-state index contributed by atoms with van der Waals surface area (Å²) in [4.78, 5) is 15.8. The van der Waals surface area contributed by atoms with Gasteiger partial charge in [0.05, 0.1) is 11.4 Å².